The Kier molecular flexibility index (Phi) is 9.42. The number of ether oxygens (including phenoxy) is 1. The van der Waals surface area contributed by atoms with Crippen LogP contribution in [-0.4, -0.2) is 56.1 Å². The first-order valence-electron chi connectivity index (χ1n) is 13.4. The van der Waals surface area contributed by atoms with Gasteiger partial charge in [0.15, 0.2) is 0 Å². The zero-order valence-electron chi connectivity index (χ0n) is 23.5. The minimum Gasteiger partial charge on any atom is -0.456 e. The predicted molar refractivity (Wildman–Crippen MR) is 163 cm³/mol. The lowest BCUT2D eigenvalue weighted by Gasteiger charge is -2.28. The van der Waals surface area contributed by atoms with E-state index >= 15 is 0 Å². The smallest absolute Gasteiger partial charge is 0.456 e. The van der Waals surface area contributed by atoms with Crippen LogP contribution in [-0.2, 0) is 25.2 Å². The number of furan rings is 1. The van der Waals surface area contributed by atoms with Crippen molar-refractivity contribution in [3.8, 4) is 5.75 Å². The number of fused-ring (bicyclic) bond motifs is 1. The Morgan fingerprint density at radius 2 is 2.09 bits per heavy atom. The molecule has 0 amide bonds. The summed E-state index contributed by atoms with van der Waals surface area (Å²) in [6.07, 6.45) is 2.91. The van der Waals surface area contributed by atoms with Crippen LogP contribution in [0.15, 0.2) is 88.7 Å². The summed E-state index contributed by atoms with van der Waals surface area (Å²) in [4.78, 5) is 28.9. The number of aliphatic hydroxyl groups is 1. The van der Waals surface area contributed by atoms with E-state index < -0.39 is 41.9 Å². The van der Waals surface area contributed by atoms with Crippen molar-refractivity contribution in [1.82, 2.24) is 9.99 Å². The molecule has 232 valence electrons. The Hall–Kier alpha value is -4.14. The van der Waals surface area contributed by atoms with E-state index in [1.165, 1.54) is 24.8 Å². The van der Waals surface area contributed by atoms with Crippen molar-refractivity contribution in [3.63, 3.8) is 0 Å². The van der Waals surface area contributed by atoms with Crippen molar-refractivity contribution in [2.24, 2.45) is 10.7 Å². The molecule has 44 heavy (non-hydrogen) atoms. The monoisotopic (exact) mass is 643 g/mol. The number of carbonyl (C=O) groups excluding carboxylic acids is 1. The molecular weight excluding hydrogens is 613 g/mol. The van der Waals surface area contributed by atoms with E-state index in [0.29, 0.717) is 23.5 Å². The second-order valence-electron chi connectivity index (χ2n) is 9.93. The van der Waals surface area contributed by atoms with Gasteiger partial charge in [0.05, 0.1) is 29.4 Å². The molecule has 0 spiro atoms. The molecule has 0 radical (unpaired) electrons. The molecule has 1 aromatic heterocycles. The zero-order valence-corrected chi connectivity index (χ0v) is 25.2. The number of benzene rings is 2. The highest BCUT2D eigenvalue weighted by atomic mass is 32.2. The number of nitrogens with one attached hydrogen (secondary N) is 1. The number of nitrogens with two attached hydrogens (primary N) is 1. The highest BCUT2D eigenvalue weighted by Gasteiger charge is 2.40. The number of carbonyl (C=O) groups is 1. The summed E-state index contributed by atoms with van der Waals surface area (Å²) < 4.78 is 36.3. The van der Waals surface area contributed by atoms with Crippen molar-refractivity contribution in [3.05, 3.63) is 95.1 Å². The first kappa shape index (κ1) is 31.3. The molecule has 0 bridgehead atoms. The van der Waals surface area contributed by atoms with Crippen LogP contribution < -0.4 is 15.3 Å². The van der Waals surface area contributed by atoms with Crippen molar-refractivity contribution < 1.29 is 37.6 Å². The average molecular weight is 644 g/mol. The van der Waals surface area contributed by atoms with Gasteiger partial charge in [0.2, 0.25) is 0 Å². The highest BCUT2D eigenvalue weighted by Crippen LogP contribution is 2.48. The number of aliphatic imine (C=N–C) groups is 1. The van der Waals surface area contributed by atoms with Gasteiger partial charge in [-0.05, 0) is 30.5 Å². The molecule has 0 saturated carbocycles. The van der Waals surface area contributed by atoms with Gasteiger partial charge < -0.3 is 29.4 Å². The van der Waals surface area contributed by atoms with Gasteiger partial charge in [-0.15, -0.1) is 11.8 Å². The summed E-state index contributed by atoms with van der Waals surface area (Å²) >= 11 is 1.39. The first-order valence-corrected chi connectivity index (χ1v) is 15.9. The van der Waals surface area contributed by atoms with Crippen molar-refractivity contribution in [2.75, 3.05) is 6.61 Å². The topological polar surface area (TPSA) is 192 Å². The lowest BCUT2D eigenvalue weighted by atomic mass is 10.1. The predicted octanol–water partition coefficient (Wildman–Crippen LogP) is 4.42. The highest BCUT2D eigenvalue weighted by molar-refractivity contribution is 8.00. The van der Waals surface area contributed by atoms with Crippen LogP contribution in [0.25, 0.3) is 10.8 Å². The molecule has 16 heteroatoms. The molecule has 3 aromatic rings. The van der Waals surface area contributed by atoms with Crippen molar-refractivity contribution in [2.45, 2.75) is 42.7 Å². The van der Waals surface area contributed by atoms with Gasteiger partial charge in [-0.2, -0.15) is 5.09 Å². The van der Waals surface area contributed by atoms with Gasteiger partial charge >= 0.3 is 19.6 Å². The molecule has 1 fully saturated rings. The molecule has 5 rings (SSSR count). The number of hydrogen-bond acceptors (Lipinski definition) is 13. The van der Waals surface area contributed by atoms with E-state index in [0.717, 1.165) is 11.5 Å². The molecule has 1 unspecified atom stereocenters. The molecule has 2 aliphatic heterocycles. The second-order valence-corrected chi connectivity index (χ2v) is 13.0. The third-order valence-electron chi connectivity index (χ3n) is 6.74. The summed E-state index contributed by atoms with van der Waals surface area (Å²) in [6.45, 7) is 4.75. The van der Waals surface area contributed by atoms with Gasteiger partial charge in [-0.1, -0.05) is 43.0 Å². The summed E-state index contributed by atoms with van der Waals surface area (Å²) in [5.74, 6) is -0.254. The molecule has 5 atom stereocenters. The standard InChI is InChI=1S/C28H30N5O9PS/c1-17(28(35)39-15-20-10-11-26(41-20)33(36)37)31-43(38,42-23-9-5-7-19-6-3-4-8-21(19)23)40-16-24-22(34)14-27(44-24)32-13-12-25(29)30-18(32)2/h3-13,17,22,24,27,34H,2,14-16H2,1H3,(H2,29,30)(H,31,38)/t17-,22+,24+,27+,43?/m0/s1. The minimum atomic E-state index is -4.28. The van der Waals surface area contributed by atoms with E-state index in [1.54, 1.807) is 41.4 Å². The molecule has 0 aliphatic carbocycles. The number of nitro groups is 1. The lowest BCUT2D eigenvalue weighted by molar-refractivity contribution is -0.402. The number of hydrogen-bond donors (Lipinski definition) is 3. The van der Waals surface area contributed by atoms with Gasteiger partial charge in [0.25, 0.3) is 0 Å². The Morgan fingerprint density at radius 3 is 2.84 bits per heavy atom. The number of nitrogens with zero attached hydrogens (tertiary/aromatic N) is 3. The molecule has 2 aromatic carbocycles. The molecular formula is C28H30N5O9PS. The summed E-state index contributed by atoms with van der Waals surface area (Å²) in [7, 11) is -4.28. The molecule has 2 aliphatic rings. The average Bonchev–Trinajstić information content (AvgIpc) is 3.62. The minimum absolute atomic E-state index is 0.0603. The largest absolute Gasteiger partial charge is 0.459 e. The lowest BCUT2D eigenvalue weighted by Crippen LogP contribution is -2.36. The fraction of sp³-hybridized carbons (Fsp3) is 0.286. The Bertz CT molecular complexity index is 1670. The number of esters is 1. The van der Waals surface area contributed by atoms with Gasteiger partial charge in [0, 0.05) is 18.0 Å². The van der Waals surface area contributed by atoms with E-state index in [1.807, 2.05) is 18.2 Å². The van der Waals surface area contributed by atoms with Crippen molar-refractivity contribution in [1.29, 1.82) is 0 Å². The zero-order chi connectivity index (χ0) is 31.4. The SMILES string of the molecule is C=C1N=C(N)C=CN1[C@H]1C[C@@H](O)[C@@H](COP(=O)(N[C@@H](C)C(=O)OCc2ccc([N+](=O)[O-])o2)Oc2cccc3ccccc23)S1. The van der Waals surface area contributed by atoms with Crippen LogP contribution in [0.5, 0.6) is 5.75 Å². The van der Waals surface area contributed by atoms with Crippen LogP contribution in [0.2, 0.25) is 0 Å². The Morgan fingerprint density at radius 1 is 1.32 bits per heavy atom. The maximum absolute atomic E-state index is 14.2. The fourth-order valence-electron chi connectivity index (χ4n) is 4.55. The van der Waals surface area contributed by atoms with Gasteiger partial charge in [0.1, 0.15) is 40.7 Å². The van der Waals surface area contributed by atoms with Crippen LogP contribution in [0, 0.1) is 10.1 Å². The van der Waals surface area contributed by atoms with Crippen LogP contribution in [0.4, 0.5) is 5.88 Å². The molecule has 4 N–H and O–H groups in total. The van der Waals surface area contributed by atoms with E-state index in [2.05, 4.69) is 16.7 Å². The van der Waals surface area contributed by atoms with Gasteiger partial charge in [-0.25, -0.2) is 9.56 Å². The number of rotatable bonds is 12. The maximum atomic E-state index is 14.2. The molecule has 3 heterocycles. The number of thioether (sulfide) groups is 1. The summed E-state index contributed by atoms with van der Waals surface area (Å²) in [5.41, 5.74) is 5.74. The Labute approximate surface area is 256 Å². The normalized spacial score (nSPS) is 22.0. The quantitative estimate of drug-likeness (QED) is 0.109. The maximum Gasteiger partial charge on any atom is 0.459 e. The third kappa shape index (κ3) is 7.31. The van der Waals surface area contributed by atoms with E-state index in [-0.39, 0.29) is 30.1 Å². The Balaban J connectivity index is 1.29. The first-order chi connectivity index (χ1) is 21.0. The van der Waals surface area contributed by atoms with Gasteiger partial charge in [-0.3, -0.25) is 19.4 Å². The summed E-state index contributed by atoms with van der Waals surface area (Å²) in [5, 5.41) is 25.1. The van der Waals surface area contributed by atoms with E-state index in [9.17, 15) is 24.6 Å². The van der Waals surface area contributed by atoms with E-state index in [4.69, 9.17) is 23.9 Å². The fourth-order valence-corrected chi connectivity index (χ4v) is 7.66. The number of amidine groups is 1. The number of aliphatic hydroxyl groups excluding tert-OH is 1. The van der Waals surface area contributed by atoms with Crippen LogP contribution in [0.1, 0.15) is 19.1 Å². The molecule has 1 saturated heterocycles. The summed E-state index contributed by atoms with van der Waals surface area (Å²) in [6, 6.07) is 13.8. The third-order valence-corrected chi connectivity index (χ3v) is 9.91. The van der Waals surface area contributed by atoms with Crippen molar-refractivity contribution >= 4 is 48.0 Å². The van der Waals surface area contributed by atoms with Crippen LogP contribution in [0.3, 0.4) is 0 Å². The van der Waals surface area contributed by atoms with Crippen LogP contribution >= 0.6 is 19.5 Å². The molecule has 14 nitrogen and oxygen atoms in total. The second kappa shape index (κ2) is 13.2.